The van der Waals surface area contributed by atoms with Crippen LogP contribution < -0.4 is 16.0 Å². The molecule has 2 heterocycles. The minimum atomic E-state index is -0.873. The number of hydrogen-bond donors (Lipinski definition) is 5. The second-order valence-corrected chi connectivity index (χ2v) is 25.2. The van der Waals surface area contributed by atoms with E-state index in [1.165, 1.54) is 0 Å². The molecule has 0 spiro atoms. The van der Waals surface area contributed by atoms with Crippen molar-refractivity contribution in [2.75, 3.05) is 52.9 Å². The molecule has 8 rings (SSSR count). The predicted octanol–water partition coefficient (Wildman–Crippen LogP) is 7.99. The first-order chi connectivity index (χ1) is 42.5. The molecule has 0 radical (unpaired) electrons. The lowest BCUT2D eigenvalue weighted by Gasteiger charge is -2.37. The van der Waals surface area contributed by atoms with Gasteiger partial charge in [-0.15, -0.1) is 0 Å². The van der Waals surface area contributed by atoms with Crippen LogP contribution in [0.4, 0.5) is 0 Å². The third kappa shape index (κ3) is 18.1. The summed E-state index contributed by atoms with van der Waals surface area (Å²) in [7, 11) is 1.73. The van der Waals surface area contributed by atoms with Crippen molar-refractivity contribution in [3.05, 3.63) is 131 Å². The van der Waals surface area contributed by atoms with Crippen molar-refractivity contribution < 1.29 is 48.6 Å². The van der Waals surface area contributed by atoms with E-state index in [-0.39, 0.29) is 97.8 Å². The molecular formula is C71H95N7O10. The number of aliphatic hydroxyl groups is 2. The van der Waals surface area contributed by atoms with Gasteiger partial charge in [0.2, 0.25) is 29.5 Å². The molecule has 4 aromatic rings. The van der Waals surface area contributed by atoms with Crippen LogP contribution in [0, 0.1) is 23.7 Å². The van der Waals surface area contributed by atoms with Crippen LogP contribution in [0.3, 0.4) is 0 Å². The first kappa shape index (κ1) is 66.9. The second-order valence-electron chi connectivity index (χ2n) is 25.2. The summed E-state index contributed by atoms with van der Waals surface area (Å²) in [5.41, 5.74) is 4.37. The fourth-order valence-corrected chi connectivity index (χ4v) is 13.4. The van der Waals surface area contributed by atoms with Crippen molar-refractivity contribution in [3.63, 3.8) is 0 Å². The Balaban J connectivity index is 0.878. The maximum atomic E-state index is 14.6. The van der Waals surface area contributed by atoms with Crippen LogP contribution in [0.15, 0.2) is 109 Å². The van der Waals surface area contributed by atoms with Gasteiger partial charge >= 0.3 is 0 Å². The van der Waals surface area contributed by atoms with Gasteiger partial charge in [0.15, 0.2) is 5.78 Å². The van der Waals surface area contributed by atoms with Crippen LogP contribution in [-0.2, 0) is 41.6 Å². The van der Waals surface area contributed by atoms with Gasteiger partial charge in [-0.1, -0.05) is 149 Å². The van der Waals surface area contributed by atoms with Gasteiger partial charge in [0, 0.05) is 81.5 Å². The Hall–Kier alpha value is -7.08. The highest BCUT2D eigenvalue weighted by molar-refractivity contribution is 5.99. The quantitative estimate of drug-likeness (QED) is 0.0328. The summed E-state index contributed by atoms with van der Waals surface area (Å²) < 4.78 is 0. The molecule has 2 aliphatic carbocycles. The van der Waals surface area contributed by atoms with Gasteiger partial charge in [0.05, 0.1) is 36.9 Å². The largest absolute Gasteiger partial charge is 0.391 e. The number of aliphatic hydroxyl groups excluding tert-OH is 2. The Morgan fingerprint density at radius 1 is 0.580 bits per heavy atom. The second kappa shape index (κ2) is 32.9. The molecule has 8 atom stereocenters. The van der Waals surface area contributed by atoms with E-state index in [0.29, 0.717) is 69.4 Å². The normalized spacial score (nSPS) is 20.3. The molecule has 2 saturated heterocycles. The number of nitrogens with one attached hydrogen (secondary N) is 3. The van der Waals surface area contributed by atoms with Crippen LogP contribution >= 0.6 is 0 Å². The minimum Gasteiger partial charge on any atom is -0.391 e. The Bertz CT molecular complexity index is 2750. The molecule has 0 aromatic heterocycles. The number of likely N-dealkylation sites (N-methyl/N-ethyl adjacent to an activating group) is 1. The number of ketones is 2. The first-order valence-electron chi connectivity index (χ1n) is 32.7. The highest BCUT2D eigenvalue weighted by Gasteiger charge is 2.45. The number of Topliss-reactive ketones (excluding diaryl/α,β-unsaturated/α-hetero) is 2. The Labute approximate surface area is 520 Å². The lowest BCUT2D eigenvalue weighted by atomic mass is 9.76. The molecule has 474 valence electrons. The third-order valence-electron chi connectivity index (χ3n) is 19.4. The summed E-state index contributed by atoms with van der Waals surface area (Å²) in [6.45, 7) is 6.69. The van der Waals surface area contributed by atoms with E-state index in [1.54, 1.807) is 70.0 Å². The predicted molar refractivity (Wildman–Crippen MR) is 340 cm³/mol. The van der Waals surface area contributed by atoms with Crippen LogP contribution in [0.2, 0.25) is 0 Å². The molecule has 5 N–H and O–H groups in total. The minimum absolute atomic E-state index is 0.00881. The molecule has 4 aliphatic rings. The molecule has 2 aliphatic heterocycles. The Morgan fingerprint density at radius 2 is 1.07 bits per heavy atom. The maximum Gasteiger partial charge on any atom is 0.251 e. The van der Waals surface area contributed by atoms with Gasteiger partial charge in [-0.2, -0.15) is 0 Å². The zero-order chi connectivity index (χ0) is 62.7. The van der Waals surface area contributed by atoms with E-state index >= 15 is 0 Å². The van der Waals surface area contributed by atoms with E-state index in [0.717, 1.165) is 86.5 Å². The summed E-state index contributed by atoms with van der Waals surface area (Å²) in [6, 6.07) is 31.0. The van der Waals surface area contributed by atoms with Gasteiger partial charge in [0.25, 0.3) is 5.91 Å². The van der Waals surface area contributed by atoms with E-state index < -0.39 is 48.2 Å². The van der Waals surface area contributed by atoms with Gasteiger partial charge in [-0.25, -0.2) is 0 Å². The van der Waals surface area contributed by atoms with E-state index in [4.69, 9.17) is 0 Å². The lowest BCUT2D eigenvalue weighted by molar-refractivity contribution is -0.144. The van der Waals surface area contributed by atoms with Crippen LogP contribution in [0.5, 0.6) is 0 Å². The highest BCUT2D eigenvalue weighted by Crippen LogP contribution is 2.36. The number of benzene rings is 4. The van der Waals surface area contributed by atoms with Gasteiger partial charge in [-0.3, -0.25) is 38.4 Å². The standard InChI is InChI=1S/C71H95N7O10/c1-5-48(2)68(85)74-67(56-24-16-9-17-25-56)71(88)78-43-39-63(81)60(78)46-75(40-36-50-18-10-6-11-19-50)65(83)35-34-61(79)55-30-26-52(27-31-55)53-28-32-57(33-29-53)69(86)73-45-66(84)76(41-37-51-20-12-7-13-21-51)47-59-62(80)38-42-77(59)70(87)58(44-64(82)49(3)72-4)54-22-14-8-15-23-54/h6-7,10-13,18-21,26-33,48-49,54,56,58-60,62-63,67,72,80-81H,5,8-9,14-17,22-25,34-47H2,1-4H3,(H,73,86)(H,74,85)/t48-,49+,58+,59-,60-,62+,63+,67+/m1/s1. The molecule has 17 nitrogen and oxygen atoms in total. The Kier molecular flexibility index (Phi) is 25.0. The van der Waals surface area contributed by atoms with Crippen molar-refractivity contribution in [3.8, 4) is 11.1 Å². The van der Waals surface area contributed by atoms with Crippen LogP contribution in [0.25, 0.3) is 11.1 Å². The summed E-state index contributed by atoms with van der Waals surface area (Å²) in [5, 5.41) is 31.8. The highest BCUT2D eigenvalue weighted by atomic mass is 16.3. The van der Waals surface area contributed by atoms with Gasteiger partial charge in [-0.05, 0) is 118 Å². The number of hydrogen-bond acceptors (Lipinski definition) is 11. The van der Waals surface area contributed by atoms with Crippen LogP contribution in [0.1, 0.15) is 155 Å². The summed E-state index contributed by atoms with van der Waals surface area (Å²) in [4.78, 5) is 118. The van der Waals surface area contributed by atoms with Crippen molar-refractivity contribution in [2.24, 2.45) is 23.7 Å². The number of carbonyl (C=O) groups is 8. The molecule has 4 fully saturated rings. The monoisotopic (exact) mass is 1210 g/mol. The Morgan fingerprint density at radius 3 is 1.58 bits per heavy atom. The first-order valence-corrected chi connectivity index (χ1v) is 32.7. The van der Waals surface area contributed by atoms with Crippen molar-refractivity contribution in [1.82, 2.24) is 35.6 Å². The number of nitrogens with zero attached hydrogens (tertiary/aromatic N) is 4. The average molecular weight is 1210 g/mol. The SMILES string of the molecule is CC[C@@H](C)C(=O)N[C@H](C(=O)N1CC[C@H](O)[C@H]1CN(CCc1ccccc1)C(=O)CCC(=O)c1ccc(-c2ccc(C(=O)NCC(=O)N(CCc3ccccc3)C[C@@H]3[C@@H](O)CCN3C(=O)[C@@H](CC(=O)[C@H](C)NC)C3CCCCC3)cc2)cc1)C1CCCCC1. The fourth-order valence-electron chi connectivity index (χ4n) is 13.4. The average Bonchev–Trinajstić information content (AvgIpc) is 3.28. The zero-order valence-corrected chi connectivity index (χ0v) is 52.3. The van der Waals surface area contributed by atoms with Crippen molar-refractivity contribution >= 4 is 47.0 Å². The molecule has 17 heteroatoms. The topological polar surface area (TPSA) is 226 Å². The summed E-state index contributed by atoms with van der Waals surface area (Å²) in [6.07, 6.45) is 10.2. The number of rotatable bonds is 29. The third-order valence-corrected chi connectivity index (χ3v) is 19.4. The fraction of sp³-hybridized carbons (Fsp3) is 0.549. The smallest absolute Gasteiger partial charge is 0.251 e. The van der Waals surface area contributed by atoms with Crippen molar-refractivity contribution in [2.45, 2.75) is 173 Å². The van der Waals surface area contributed by atoms with E-state index in [1.807, 2.05) is 86.6 Å². The molecule has 0 bridgehead atoms. The zero-order valence-electron chi connectivity index (χ0n) is 52.3. The van der Waals surface area contributed by atoms with E-state index in [9.17, 15) is 48.6 Å². The number of amides is 6. The molecular weight excluding hydrogens is 1110 g/mol. The lowest BCUT2D eigenvalue weighted by Crippen LogP contribution is -2.57. The van der Waals surface area contributed by atoms with E-state index in [2.05, 4.69) is 16.0 Å². The number of carbonyl (C=O) groups excluding carboxylic acids is 8. The summed E-state index contributed by atoms with van der Waals surface area (Å²) >= 11 is 0. The summed E-state index contributed by atoms with van der Waals surface area (Å²) in [5.74, 6) is -2.53. The molecule has 2 saturated carbocycles. The molecule has 6 amide bonds. The molecule has 88 heavy (non-hydrogen) atoms. The molecule has 4 aromatic carbocycles. The van der Waals surface area contributed by atoms with Crippen LogP contribution in [-0.4, -0.2) is 166 Å². The maximum absolute atomic E-state index is 14.6. The molecule has 0 unspecified atom stereocenters. The number of likely N-dealkylation sites (tertiary alicyclic amines) is 2. The van der Waals surface area contributed by atoms with Gasteiger partial charge < -0.3 is 45.8 Å². The van der Waals surface area contributed by atoms with Crippen molar-refractivity contribution in [1.29, 1.82) is 0 Å². The van der Waals surface area contributed by atoms with Gasteiger partial charge in [0.1, 0.15) is 11.8 Å².